The van der Waals surface area contributed by atoms with Gasteiger partial charge < -0.3 is 5.11 Å². The Kier molecular flexibility index (Phi) is 3.89. The number of rotatable bonds is 2. The van der Waals surface area contributed by atoms with Crippen molar-refractivity contribution in [2.45, 2.75) is 11.8 Å². The zero-order chi connectivity index (χ0) is 23.0. The number of carbonyl (C=O) groups excluding carboxylic acids is 2. The van der Waals surface area contributed by atoms with Crippen molar-refractivity contribution in [2.24, 2.45) is 16.9 Å². The molecular formula is C29H20N2O3. The van der Waals surface area contributed by atoms with Crippen molar-refractivity contribution >= 4 is 28.8 Å². The molecule has 4 aromatic rings. The number of hydrogen-bond acceptors (Lipinski definition) is 4. The van der Waals surface area contributed by atoms with E-state index >= 15 is 0 Å². The van der Waals surface area contributed by atoms with Crippen LogP contribution in [0.4, 0.5) is 0 Å². The molecule has 1 saturated heterocycles. The normalized spacial score (nSPS) is 24.5. The maximum atomic E-state index is 13.7. The summed E-state index contributed by atoms with van der Waals surface area (Å²) in [6.07, 6.45) is 1.44. The van der Waals surface area contributed by atoms with Crippen LogP contribution in [0.25, 0.3) is 10.8 Å². The fourth-order valence-electron chi connectivity index (χ4n) is 6.31. The van der Waals surface area contributed by atoms with Crippen molar-refractivity contribution in [3.63, 3.8) is 0 Å². The van der Waals surface area contributed by atoms with E-state index in [9.17, 15) is 14.7 Å². The molecule has 4 aromatic carbocycles. The van der Waals surface area contributed by atoms with Crippen LogP contribution in [-0.2, 0) is 9.59 Å². The first-order valence-electron chi connectivity index (χ1n) is 11.5. The number of carbonyl (C=O) groups is 2. The van der Waals surface area contributed by atoms with Gasteiger partial charge in [0.05, 0.1) is 18.1 Å². The van der Waals surface area contributed by atoms with Crippen LogP contribution < -0.4 is 0 Å². The van der Waals surface area contributed by atoms with Crippen molar-refractivity contribution in [3.05, 3.63) is 113 Å². The molecule has 5 nitrogen and oxygen atoms in total. The number of benzene rings is 4. The summed E-state index contributed by atoms with van der Waals surface area (Å²) in [5, 5.41) is 17.6. The smallest absolute Gasteiger partial charge is 0.254 e. The molecule has 164 valence electrons. The zero-order valence-corrected chi connectivity index (χ0v) is 18.1. The van der Waals surface area contributed by atoms with Gasteiger partial charge in [0, 0.05) is 17.4 Å². The molecular weight excluding hydrogens is 424 g/mol. The monoisotopic (exact) mass is 444 g/mol. The predicted molar refractivity (Wildman–Crippen MR) is 129 cm³/mol. The van der Waals surface area contributed by atoms with E-state index in [2.05, 4.69) is 29.4 Å². The standard InChI is InChI=1S/C29H20N2O3/c32-23-14-13-16-7-1-2-8-17(16)22(23)15-30-31-28(33)26-24-18-9-3-4-10-19(18)25(27(26)29(31)34)21-12-6-5-11-20(21)24/h1-15,24-27,32H/b30-15-/t24?,25?,26-,27-/m1/s1. The Morgan fingerprint density at radius 2 is 1.18 bits per heavy atom. The Morgan fingerprint density at radius 1 is 0.676 bits per heavy atom. The molecule has 1 heterocycles. The summed E-state index contributed by atoms with van der Waals surface area (Å²) in [6.45, 7) is 0. The van der Waals surface area contributed by atoms with E-state index in [0.717, 1.165) is 38.0 Å². The quantitative estimate of drug-likeness (QED) is 0.358. The second-order valence-electron chi connectivity index (χ2n) is 9.22. The molecule has 1 N–H and O–H groups in total. The first-order valence-corrected chi connectivity index (χ1v) is 11.5. The van der Waals surface area contributed by atoms with Crippen LogP contribution in [0.1, 0.15) is 39.7 Å². The SMILES string of the molecule is O=C1[C@@H]2C3c4ccccc4C(c4ccccc43)[C@H]2C(=O)N1/N=C\c1c(O)ccc2ccccc12. The van der Waals surface area contributed by atoms with Gasteiger partial charge in [-0.15, -0.1) is 0 Å². The van der Waals surface area contributed by atoms with E-state index in [4.69, 9.17) is 0 Å². The van der Waals surface area contributed by atoms with Crippen LogP contribution in [0.15, 0.2) is 90.0 Å². The average molecular weight is 444 g/mol. The third-order valence-corrected chi connectivity index (χ3v) is 7.68. The highest BCUT2D eigenvalue weighted by molar-refractivity contribution is 6.09. The van der Waals surface area contributed by atoms with E-state index < -0.39 is 11.8 Å². The molecule has 0 unspecified atom stereocenters. The Hall–Kier alpha value is -4.25. The Bertz CT molecular complexity index is 1440. The van der Waals surface area contributed by atoms with Crippen LogP contribution in [0, 0.1) is 11.8 Å². The number of hydrazone groups is 1. The van der Waals surface area contributed by atoms with Crippen molar-refractivity contribution in [3.8, 4) is 5.75 Å². The maximum Gasteiger partial charge on any atom is 0.254 e. The summed E-state index contributed by atoms with van der Waals surface area (Å²) < 4.78 is 0. The number of fused-ring (bicyclic) bond motifs is 1. The molecule has 2 bridgehead atoms. The van der Waals surface area contributed by atoms with Gasteiger partial charge in [0.15, 0.2) is 0 Å². The number of amides is 2. The average Bonchev–Trinajstić information content (AvgIpc) is 3.13. The number of aromatic hydroxyl groups is 1. The van der Waals surface area contributed by atoms with Crippen LogP contribution in [0.5, 0.6) is 5.75 Å². The molecule has 8 rings (SSSR count). The van der Waals surface area contributed by atoms with Gasteiger partial charge >= 0.3 is 0 Å². The van der Waals surface area contributed by atoms with Gasteiger partial charge in [-0.25, -0.2) is 0 Å². The number of phenols is 1. The Balaban J connectivity index is 1.34. The van der Waals surface area contributed by atoms with Crippen molar-refractivity contribution in [1.82, 2.24) is 5.01 Å². The van der Waals surface area contributed by atoms with E-state index in [1.165, 1.54) is 6.21 Å². The summed E-state index contributed by atoms with van der Waals surface area (Å²) in [5.74, 6) is -1.76. The molecule has 0 spiro atoms. The summed E-state index contributed by atoms with van der Waals surface area (Å²) in [7, 11) is 0. The lowest BCUT2D eigenvalue weighted by Gasteiger charge is -2.45. The fourth-order valence-corrected chi connectivity index (χ4v) is 6.31. The first-order chi connectivity index (χ1) is 16.6. The lowest BCUT2D eigenvalue weighted by molar-refractivity contribution is -0.139. The molecule has 2 amide bonds. The van der Waals surface area contributed by atoms with Crippen LogP contribution in [-0.4, -0.2) is 28.1 Å². The van der Waals surface area contributed by atoms with Gasteiger partial charge in [-0.2, -0.15) is 10.1 Å². The molecule has 1 aliphatic heterocycles. The molecule has 0 saturated carbocycles. The summed E-state index contributed by atoms with van der Waals surface area (Å²) in [5.41, 5.74) is 5.01. The number of phenolic OH excluding ortho intramolecular Hbond substituents is 1. The van der Waals surface area contributed by atoms with Gasteiger partial charge in [0.25, 0.3) is 11.8 Å². The minimum Gasteiger partial charge on any atom is -0.507 e. The first kappa shape index (κ1) is 19.2. The molecule has 2 atom stereocenters. The van der Waals surface area contributed by atoms with Gasteiger partial charge in [0.1, 0.15) is 5.75 Å². The molecule has 0 radical (unpaired) electrons. The molecule has 5 heteroatoms. The molecule has 1 fully saturated rings. The Morgan fingerprint density at radius 3 is 1.74 bits per heavy atom. The minimum absolute atomic E-state index is 0.0545. The highest BCUT2D eigenvalue weighted by Crippen LogP contribution is 2.60. The third-order valence-electron chi connectivity index (χ3n) is 7.68. The zero-order valence-electron chi connectivity index (χ0n) is 18.1. The second kappa shape index (κ2) is 6.87. The van der Waals surface area contributed by atoms with E-state index in [1.807, 2.05) is 54.6 Å². The largest absolute Gasteiger partial charge is 0.507 e. The van der Waals surface area contributed by atoms with Gasteiger partial charge in [0.2, 0.25) is 0 Å². The number of nitrogens with zero attached hydrogens (tertiary/aromatic N) is 2. The Labute approximate surface area is 196 Å². The summed E-state index contributed by atoms with van der Waals surface area (Å²) in [4.78, 5) is 27.3. The predicted octanol–water partition coefficient (Wildman–Crippen LogP) is 4.77. The van der Waals surface area contributed by atoms with Crippen LogP contribution in [0.3, 0.4) is 0 Å². The molecule has 4 aliphatic rings. The topological polar surface area (TPSA) is 70.0 Å². The van der Waals surface area contributed by atoms with Crippen LogP contribution in [0.2, 0.25) is 0 Å². The molecule has 34 heavy (non-hydrogen) atoms. The summed E-state index contributed by atoms with van der Waals surface area (Å²) in [6, 6.07) is 27.4. The number of imide groups is 1. The van der Waals surface area contributed by atoms with Crippen molar-refractivity contribution in [2.75, 3.05) is 0 Å². The van der Waals surface area contributed by atoms with Gasteiger partial charge in [-0.05, 0) is 39.1 Å². The maximum absolute atomic E-state index is 13.7. The van der Waals surface area contributed by atoms with Gasteiger partial charge in [-0.1, -0.05) is 78.9 Å². The number of hydrogen-bond donors (Lipinski definition) is 1. The molecule has 3 aliphatic carbocycles. The second-order valence-corrected chi connectivity index (χ2v) is 9.22. The lowest BCUT2D eigenvalue weighted by Crippen LogP contribution is -2.41. The van der Waals surface area contributed by atoms with E-state index in [1.54, 1.807) is 6.07 Å². The van der Waals surface area contributed by atoms with Crippen LogP contribution >= 0.6 is 0 Å². The van der Waals surface area contributed by atoms with E-state index in [-0.39, 0.29) is 29.4 Å². The van der Waals surface area contributed by atoms with Crippen molar-refractivity contribution in [1.29, 1.82) is 0 Å². The third kappa shape index (κ3) is 2.41. The molecule has 0 aromatic heterocycles. The van der Waals surface area contributed by atoms with Gasteiger partial charge in [-0.3, -0.25) is 9.59 Å². The minimum atomic E-state index is -0.472. The van der Waals surface area contributed by atoms with Crippen molar-refractivity contribution < 1.29 is 14.7 Å². The summed E-state index contributed by atoms with van der Waals surface area (Å²) >= 11 is 0. The highest BCUT2D eigenvalue weighted by atomic mass is 16.3. The fraction of sp³-hybridized carbons (Fsp3) is 0.138. The lowest BCUT2D eigenvalue weighted by atomic mass is 9.55. The van der Waals surface area contributed by atoms with E-state index in [0.29, 0.717) is 5.56 Å². The highest BCUT2D eigenvalue weighted by Gasteiger charge is 2.61.